The third kappa shape index (κ3) is 2.82. The summed E-state index contributed by atoms with van der Waals surface area (Å²) in [6, 6.07) is 6.24. The molecule has 2 heterocycles. The molecule has 0 fully saturated rings. The first-order valence-electron chi connectivity index (χ1n) is 5.96. The summed E-state index contributed by atoms with van der Waals surface area (Å²) in [5.41, 5.74) is 8.16. The first kappa shape index (κ1) is 12.5. The van der Waals surface area contributed by atoms with Crippen molar-refractivity contribution in [2.75, 3.05) is 0 Å². The Bertz CT molecular complexity index is 502. The molecule has 2 aromatic heterocycles. The number of pyridine rings is 1. The van der Waals surface area contributed by atoms with Crippen molar-refractivity contribution >= 4 is 17.4 Å². The number of fused-ring (bicyclic) bond motifs is 1. The molecule has 0 aliphatic rings. The van der Waals surface area contributed by atoms with E-state index in [2.05, 4.69) is 29.4 Å². The second-order valence-electron chi connectivity index (χ2n) is 4.64. The lowest BCUT2D eigenvalue weighted by Crippen LogP contribution is -2.19. The van der Waals surface area contributed by atoms with Crippen molar-refractivity contribution in [3.8, 4) is 0 Å². The minimum absolute atomic E-state index is 0.154. The summed E-state index contributed by atoms with van der Waals surface area (Å²) in [6.45, 7) is 6.40. The van der Waals surface area contributed by atoms with Crippen LogP contribution in [-0.4, -0.2) is 20.7 Å². The molecule has 0 aromatic carbocycles. The topological polar surface area (TPSA) is 43.3 Å². The average Bonchev–Trinajstić information content (AvgIpc) is 2.55. The van der Waals surface area contributed by atoms with Crippen molar-refractivity contribution in [1.29, 1.82) is 0 Å². The summed E-state index contributed by atoms with van der Waals surface area (Å²) in [7, 11) is 0. The molecule has 0 saturated carbocycles. The number of nitrogens with zero attached hydrogens (tertiary/aromatic N) is 2. The predicted octanol–water partition coefficient (Wildman–Crippen LogP) is 2.72. The Labute approximate surface area is 106 Å². The standard InChI is InChI=1S/C13H19N3S/c1-9(2)17-13-11(8-10(3)14)16-7-5-4-6-12(16)15-13/h4-7,9-10H,8,14H2,1-3H3. The minimum atomic E-state index is 0.154. The van der Waals surface area contributed by atoms with E-state index in [9.17, 15) is 0 Å². The Morgan fingerprint density at radius 1 is 1.35 bits per heavy atom. The van der Waals surface area contributed by atoms with Crippen LogP contribution in [0.2, 0.25) is 0 Å². The van der Waals surface area contributed by atoms with E-state index in [0.29, 0.717) is 5.25 Å². The number of aromatic nitrogens is 2. The zero-order valence-electron chi connectivity index (χ0n) is 10.6. The molecule has 0 aliphatic carbocycles. The number of imidazole rings is 1. The molecular formula is C13H19N3S. The monoisotopic (exact) mass is 249 g/mol. The van der Waals surface area contributed by atoms with Gasteiger partial charge < -0.3 is 10.1 Å². The van der Waals surface area contributed by atoms with Crippen molar-refractivity contribution in [1.82, 2.24) is 9.38 Å². The van der Waals surface area contributed by atoms with Crippen LogP contribution >= 0.6 is 11.8 Å². The summed E-state index contributed by atoms with van der Waals surface area (Å²) in [4.78, 5) is 4.68. The van der Waals surface area contributed by atoms with E-state index in [1.54, 1.807) is 11.8 Å². The lowest BCUT2D eigenvalue weighted by Gasteiger charge is -2.08. The number of nitrogens with two attached hydrogens (primary N) is 1. The van der Waals surface area contributed by atoms with Crippen molar-refractivity contribution in [3.05, 3.63) is 30.1 Å². The van der Waals surface area contributed by atoms with Crippen molar-refractivity contribution in [2.45, 2.75) is 43.5 Å². The maximum absolute atomic E-state index is 5.92. The molecule has 92 valence electrons. The lowest BCUT2D eigenvalue weighted by molar-refractivity contribution is 0.705. The molecule has 2 N–H and O–H groups in total. The zero-order valence-corrected chi connectivity index (χ0v) is 11.4. The Hall–Kier alpha value is -1.00. The normalized spacial score (nSPS) is 13.5. The van der Waals surface area contributed by atoms with Crippen LogP contribution in [0.5, 0.6) is 0 Å². The van der Waals surface area contributed by atoms with Crippen LogP contribution in [-0.2, 0) is 6.42 Å². The molecule has 17 heavy (non-hydrogen) atoms. The van der Waals surface area contributed by atoms with E-state index in [1.165, 1.54) is 5.69 Å². The second kappa shape index (κ2) is 5.10. The Kier molecular flexibility index (Phi) is 3.74. The van der Waals surface area contributed by atoms with Crippen LogP contribution in [0.3, 0.4) is 0 Å². The number of hydrogen-bond donors (Lipinski definition) is 1. The van der Waals surface area contributed by atoms with Crippen molar-refractivity contribution in [3.63, 3.8) is 0 Å². The molecule has 0 amide bonds. The number of thioether (sulfide) groups is 1. The zero-order chi connectivity index (χ0) is 12.4. The smallest absolute Gasteiger partial charge is 0.138 e. The highest BCUT2D eigenvalue weighted by atomic mass is 32.2. The molecule has 1 atom stereocenters. The molecule has 2 aromatic rings. The van der Waals surface area contributed by atoms with Gasteiger partial charge in [-0.2, -0.15) is 0 Å². The average molecular weight is 249 g/mol. The molecule has 1 unspecified atom stereocenters. The quantitative estimate of drug-likeness (QED) is 0.847. The summed E-state index contributed by atoms with van der Waals surface area (Å²) in [6.07, 6.45) is 2.92. The second-order valence-corrected chi connectivity index (χ2v) is 6.21. The van der Waals surface area contributed by atoms with Gasteiger partial charge in [0.2, 0.25) is 0 Å². The van der Waals surface area contributed by atoms with Gasteiger partial charge in [0.25, 0.3) is 0 Å². The molecule has 0 spiro atoms. The largest absolute Gasteiger partial charge is 0.328 e. The molecule has 3 nitrogen and oxygen atoms in total. The van der Waals surface area contributed by atoms with Gasteiger partial charge in [0.1, 0.15) is 10.7 Å². The van der Waals surface area contributed by atoms with Crippen molar-refractivity contribution < 1.29 is 0 Å². The summed E-state index contributed by atoms with van der Waals surface area (Å²) >= 11 is 1.81. The Balaban J connectivity index is 2.48. The van der Waals surface area contributed by atoms with Crippen LogP contribution in [0.15, 0.2) is 29.4 Å². The highest BCUT2D eigenvalue weighted by Gasteiger charge is 2.14. The summed E-state index contributed by atoms with van der Waals surface area (Å²) in [5, 5.41) is 1.65. The van der Waals surface area contributed by atoms with Gasteiger partial charge in [0.05, 0.1) is 5.69 Å². The van der Waals surface area contributed by atoms with E-state index in [4.69, 9.17) is 5.73 Å². The van der Waals surface area contributed by atoms with E-state index in [-0.39, 0.29) is 6.04 Å². The van der Waals surface area contributed by atoms with Crippen LogP contribution in [0, 0.1) is 0 Å². The summed E-state index contributed by atoms with van der Waals surface area (Å²) < 4.78 is 2.15. The van der Waals surface area contributed by atoms with Crippen LogP contribution < -0.4 is 5.73 Å². The highest BCUT2D eigenvalue weighted by Crippen LogP contribution is 2.27. The van der Waals surface area contributed by atoms with Gasteiger partial charge in [-0.3, -0.25) is 0 Å². The molecule has 0 aliphatic heterocycles. The summed E-state index contributed by atoms with van der Waals surface area (Å²) in [5.74, 6) is 0. The fourth-order valence-electron chi connectivity index (χ4n) is 1.83. The third-order valence-electron chi connectivity index (χ3n) is 2.45. The lowest BCUT2D eigenvalue weighted by atomic mass is 10.2. The van der Waals surface area contributed by atoms with E-state index in [1.807, 2.05) is 25.1 Å². The van der Waals surface area contributed by atoms with Crippen LogP contribution in [0.1, 0.15) is 26.5 Å². The van der Waals surface area contributed by atoms with E-state index in [0.717, 1.165) is 17.1 Å². The maximum Gasteiger partial charge on any atom is 0.138 e. The van der Waals surface area contributed by atoms with Crippen LogP contribution in [0.4, 0.5) is 0 Å². The molecule has 4 heteroatoms. The van der Waals surface area contributed by atoms with E-state index >= 15 is 0 Å². The fourth-order valence-corrected chi connectivity index (χ4v) is 2.74. The van der Waals surface area contributed by atoms with Gasteiger partial charge >= 0.3 is 0 Å². The van der Waals surface area contributed by atoms with Gasteiger partial charge in [-0.05, 0) is 19.1 Å². The molecule has 2 rings (SSSR count). The van der Waals surface area contributed by atoms with Gasteiger partial charge in [0.15, 0.2) is 0 Å². The molecule has 0 saturated heterocycles. The molecular weight excluding hydrogens is 230 g/mol. The number of hydrogen-bond acceptors (Lipinski definition) is 3. The highest BCUT2D eigenvalue weighted by molar-refractivity contribution is 7.99. The van der Waals surface area contributed by atoms with E-state index < -0.39 is 0 Å². The molecule has 0 bridgehead atoms. The van der Waals surface area contributed by atoms with Crippen LogP contribution in [0.25, 0.3) is 5.65 Å². The fraction of sp³-hybridized carbons (Fsp3) is 0.462. The minimum Gasteiger partial charge on any atom is -0.328 e. The predicted molar refractivity (Wildman–Crippen MR) is 73.5 cm³/mol. The first-order chi connectivity index (χ1) is 8.08. The Morgan fingerprint density at radius 3 is 2.76 bits per heavy atom. The number of rotatable bonds is 4. The Morgan fingerprint density at radius 2 is 2.12 bits per heavy atom. The van der Waals surface area contributed by atoms with Gasteiger partial charge in [0, 0.05) is 23.9 Å². The van der Waals surface area contributed by atoms with Crippen molar-refractivity contribution in [2.24, 2.45) is 5.73 Å². The first-order valence-corrected chi connectivity index (χ1v) is 6.84. The maximum atomic E-state index is 5.92. The van der Waals surface area contributed by atoms with Gasteiger partial charge in [-0.25, -0.2) is 4.98 Å². The molecule has 0 radical (unpaired) electrons. The SMILES string of the molecule is CC(N)Cc1c(SC(C)C)nc2ccccn12. The third-order valence-corrected chi connectivity index (χ3v) is 3.48. The van der Waals surface area contributed by atoms with Gasteiger partial charge in [-0.1, -0.05) is 19.9 Å². The van der Waals surface area contributed by atoms with Gasteiger partial charge in [-0.15, -0.1) is 11.8 Å².